The standard InChI is InChI=1S/C11H20N2O4/c1-9(14)13(2)7-10(15)12-8-11(16)3-5-17-6-4-11/h16H,3-8H2,1-2H3,(H,12,15). The van der Waals surface area contributed by atoms with Crippen LogP contribution in [0.15, 0.2) is 0 Å². The van der Waals surface area contributed by atoms with Crippen LogP contribution in [0.5, 0.6) is 0 Å². The molecule has 1 saturated heterocycles. The van der Waals surface area contributed by atoms with Gasteiger partial charge in [-0.3, -0.25) is 9.59 Å². The van der Waals surface area contributed by atoms with Crippen LogP contribution in [0.25, 0.3) is 0 Å². The van der Waals surface area contributed by atoms with Crippen LogP contribution >= 0.6 is 0 Å². The first-order valence-electron chi connectivity index (χ1n) is 5.71. The highest BCUT2D eigenvalue weighted by atomic mass is 16.5. The molecule has 1 aliphatic heterocycles. The van der Waals surface area contributed by atoms with Crippen molar-refractivity contribution in [1.82, 2.24) is 10.2 Å². The summed E-state index contributed by atoms with van der Waals surface area (Å²) in [6, 6.07) is 0. The number of nitrogens with zero attached hydrogens (tertiary/aromatic N) is 1. The van der Waals surface area contributed by atoms with Crippen LogP contribution in [0.2, 0.25) is 0 Å². The molecule has 0 aromatic heterocycles. The number of hydrogen-bond acceptors (Lipinski definition) is 4. The number of carbonyl (C=O) groups is 2. The van der Waals surface area contributed by atoms with Crippen molar-refractivity contribution in [3.8, 4) is 0 Å². The van der Waals surface area contributed by atoms with Crippen molar-refractivity contribution in [2.45, 2.75) is 25.4 Å². The minimum absolute atomic E-state index is 0.0158. The Morgan fingerprint density at radius 1 is 1.41 bits per heavy atom. The number of amides is 2. The summed E-state index contributed by atoms with van der Waals surface area (Å²) in [5.41, 5.74) is -0.872. The SMILES string of the molecule is CC(=O)N(C)CC(=O)NCC1(O)CCOCC1. The van der Waals surface area contributed by atoms with Gasteiger partial charge in [0.2, 0.25) is 11.8 Å². The topological polar surface area (TPSA) is 78.9 Å². The summed E-state index contributed by atoms with van der Waals surface area (Å²) in [6.45, 7) is 2.65. The third kappa shape index (κ3) is 4.70. The van der Waals surface area contributed by atoms with Crippen LogP contribution in [0.3, 0.4) is 0 Å². The maximum atomic E-state index is 11.5. The molecule has 0 aromatic rings. The lowest BCUT2D eigenvalue weighted by Gasteiger charge is -2.32. The van der Waals surface area contributed by atoms with Crippen molar-refractivity contribution in [3.05, 3.63) is 0 Å². The molecule has 0 aromatic carbocycles. The van der Waals surface area contributed by atoms with E-state index in [1.165, 1.54) is 11.8 Å². The van der Waals surface area contributed by atoms with Crippen LogP contribution in [-0.4, -0.2) is 60.8 Å². The Labute approximate surface area is 101 Å². The van der Waals surface area contributed by atoms with Gasteiger partial charge in [0.15, 0.2) is 0 Å². The van der Waals surface area contributed by atoms with E-state index in [0.29, 0.717) is 26.1 Å². The fourth-order valence-electron chi connectivity index (χ4n) is 1.57. The second kappa shape index (κ2) is 5.97. The third-order valence-corrected chi connectivity index (χ3v) is 2.96. The maximum Gasteiger partial charge on any atom is 0.239 e. The molecule has 2 amide bonds. The third-order valence-electron chi connectivity index (χ3n) is 2.96. The highest BCUT2D eigenvalue weighted by molar-refractivity contribution is 5.83. The average Bonchev–Trinajstić information content (AvgIpc) is 2.27. The molecule has 1 rings (SSSR count). The second-order valence-electron chi connectivity index (χ2n) is 4.49. The summed E-state index contributed by atoms with van der Waals surface area (Å²) in [5.74, 6) is -0.424. The average molecular weight is 244 g/mol. The number of likely N-dealkylation sites (N-methyl/N-ethyl adjacent to an activating group) is 1. The van der Waals surface area contributed by atoms with Gasteiger partial charge in [-0.25, -0.2) is 0 Å². The molecule has 1 fully saturated rings. The van der Waals surface area contributed by atoms with Gasteiger partial charge in [-0.1, -0.05) is 0 Å². The molecule has 0 spiro atoms. The van der Waals surface area contributed by atoms with Gasteiger partial charge < -0.3 is 20.1 Å². The van der Waals surface area contributed by atoms with Gasteiger partial charge in [-0.2, -0.15) is 0 Å². The zero-order valence-electron chi connectivity index (χ0n) is 10.4. The highest BCUT2D eigenvalue weighted by Gasteiger charge is 2.30. The van der Waals surface area contributed by atoms with Gasteiger partial charge >= 0.3 is 0 Å². The van der Waals surface area contributed by atoms with Crippen LogP contribution in [0, 0.1) is 0 Å². The Hall–Kier alpha value is -1.14. The largest absolute Gasteiger partial charge is 0.388 e. The first-order valence-corrected chi connectivity index (χ1v) is 5.71. The van der Waals surface area contributed by atoms with E-state index >= 15 is 0 Å². The molecular formula is C11H20N2O4. The van der Waals surface area contributed by atoms with Crippen LogP contribution in [0.1, 0.15) is 19.8 Å². The number of rotatable bonds is 4. The van der Waals surface area contributed by atoms with Crippen molar-refractivity contribution in [3.63, 3.8) is 0 Å². The molecule has 6 nitrogen and oxygen atoms in total. The number of hydrogen-bond donors (Lipinski definition) is 2. The lowest BCUT2D eigenvalue weighted by atomic mass is 9.94. The van der Waals surface area contributed by atoms with Crippen LogP contribution in [-0.2, 0) is 14.3 Å². The number of ether oxygens (including phenoxy) is 1. The monoisotopic (exact) mass is 244 g/mol. The number of carbonyl (C=O) groups excluding carboxylic acids is 2. The molecule has 2 N–H and O–H groups in total. The predicted octanol–water partition coefficient (Wildman–Crippen LogP) is -0.878. The second-order valence-corrected chi connectivity index (χ2v) is 4.49. The minimum atomic E-state index is -0.872. The molecule has 1 aliphatic rings. The summed E-state index contributed by atoms with van der Waals surface area (Å²) in [5, 5.41) is 12.7. The smallest absolute Gasteiger partial charge is 0.239 e. The first kappa shape index (κ1) is 13.9. The molecule has 6 heteroatoms. The van der Waals surface area contributed by atoms with E-state index in [0.717, 1.165) is 0 Å². The van der Waals surface area contributed by atoms with Gasteiger partial charge in [0.05, 0.1) is 12.1 Å². The van der Waals surface area contributed by atoms with E-state index < -0.39 is 5.60 Å². The van der Waals surface area contributed by atoms with Gasteiger partial charge in [-0.15, -0.1) is 0 Å². The van der Waals surface area contributed by atoms with E-state index in [2.05, 4.69) is 5.32 Å². The molecule has 0 atom stereocenters. The quantitative estimate of drug-likeness (QED) is 0.673. The summed E-state index contributed by atoms with van der Waals surface area (Å²) in [7, 11) is 1.56. The Morgan fingerprint density at radius 3 is 2.53 bits per heavy atom. The van der Waals surface area contributed by atoms with Crippen molar-refractivity contribution < 1.29 is 19.4 Å². The molecule has 0 bridgehead atoms. The molecule has 0 aliphatic carbocycles. The summed E-state index contributed by atoms with van der Waals surface area (Å²) >= 11 is 0. The molecule has 0 radical (unpaired) electrons. The van der Waals surface area contributed by atoms with Gasteiger partial charge in [0.25, 0.3) is 0 Å². The minimum Gasteiger partial charge on any atom is -0.388 e. The molecule has 98 valence electrons. The fourth-order valence-corrected chi connectivity index (χ4v) is 1.57. The van der Waals surface area contributed by atoms with E-state index in [-0.39, 0.29) is 24.9 Å². The van der Waals surface area contributed by atoms with Crippen molar-refractivity contribution >= 4 is 11.8 Å². The Balaban J connectivity index is 2.29. The van der Waals surface area contributed by atoms with Crippen molar-refractivity contribution in [2.24, 2.45) is 0 Å². The van der Waals surface area contributed by atoms with Crippen molar-refractivity contribution in [1.29, 1.82) is 0 Å². The zero-order chi connectivity index (χ0) is 12.9. The maximum absolute atomic E-state index is 11.5. The van der Waals surface area contributed by atoms with Crippen LogP contribution < -0.4 is 5.32 Å². The lowest BCUT2D eigenvalue weighted by Crippen LogP contribution is -2.48. The van der Waals surface area contributed by atoms with Gasteiger partial charge in [0, 0.05) is 46.6 Å². The molecule has 1 heterocycles. The van der Waals surface area contributed by atoms with Crippen LogP contribution in [0.4, 0.5) is 0 Å². The van der Waals surface area contributed by atoms with E-state index in [1.54, 1.807) is 7.05 Å². The molecular weight excluding hydrogens is 224 g/mol. The van der Waals surface area contributed by atoms with E-state index in [9.17, 15) is 14.7 Å². The van der Waals surface area contributed by atoms with E-state index in [1.807, 2.05) is 0 Å². The summed E-state index contributed by atoms with van der Waals surface area (Å²) in [6.07, 6.45) is 1.05. The van der Waals surface area contributed by atoms with Gasteiger partial charge in [0.1, 0.15) is 0 Å². The zero-order valence-corrected chi connectivity index (χ0v) is 10.4. The Morgan fingerprint density at radius 2 is 2.00 bits per heavy atom. The van der Waals surface area contributed by atoms with E-state index in [4.69, 9.17) is 4.74 Å². The Kier molecular flexibility index (Phi) is 4.89. The van der Waals surface area contributed by atoms with Crippen molar-refractivity contribution in [2.75, 3.05) is 33.4 Å². The highest BCUT2D eigenvalue weighted by Crippen LogP contribution is 2.18. The number of aliphatic hydroxyl groups is 1. The molecule has 0 unspecified atom stereocenters. The normalized spacial score (nSPS) is 18.5. The first-order chi connectivity index (χ1) is 7.93. The number of nitrogens with one attached hydrogen (secondary N) is 1. The Bertz CT molecular complexity index is 287. The summed E-state index contributed by atoms with van der Waals surface area (Å²) in [4.78, 5) is 23.7. The molecule has 0 saturated carbocycles. The fraction of sp³-hybridized carbons (Fsp3) is 0.818. The predicted molar refractivity (Wildman–Crippen MR) is 61.3 cm³/mol. The van der Waals surface area contributed by atoms with Gasteiger partial charge in [-0.05, 0) is 0 Å². The summed E-state index contributed by atoms with van der Waals surface area (Å²) < 4.78 is 5.14. The lowest BCUT2D eigenvalue weighted by molar-refractivity contribution is -0.133. The molecule has 17 heavy (non-hydrogen) atoms.